The molecular weight excluding hydrogens is 361 g/mol. The molecule has 1 aromatic rings. The second-order valence-electron chi connectivity index (χ2n) is 6.54. The summed E-state index contributed by atoms with van der Waals surface area (Å²) in [5.74, 6) is -5.39. The van der Waals surface area contributed by atoms with Crippen molar-refractivity contribution in [2.24, 2.45) is 16.9 Å². The van der Waals surface area contributed by atoms with Crippen molar-refractivity contribution >= 4 is 18.0 Å². The molecule has 0 aromatic heterocycles. The molecule has 144 valence electrons. The zero-order valence-electron chi connectivity index (χ0n) is 14.8. The fourth-order valence-corrected chi connectivity index (χ4v) is 3.64. The number of rotatable bonds is 4. The number of Topliss-reactive ketones (excluding diaryl/α,β-unsaturated/α-hetero) is 1. The number of ether oxygens (including phenoxy) is 1. The van der Waals surface area contributed by atoms with Crippen molar-refractivity contribution in [3.63, 3.8) is 0 Å². The Balaban J connectivity index is 2.08. The molecule has 4 atom stereocenters. The Bertz CT molecular complexity index is 786. The van der Waals surface area contributed by atoms with Gasteiger partial charge in [-0.1, -0.05) is 35.9 Å². The molecule has 5 nitrogen and oxygen atoms in total. The lowest BCUT2D eigenvalue weighted by Crippen LogP contribution is -2.43. The molecule has 0 N–H and O–H groups in total. The maximum absolute atomic E-state index is 13.8. The number of carbonyl (C=O) groups is 2. The highest BCUT2D eigenvalue weighted by Gasteiger charge is 2.64. The maximum Gasteiger partial charge on any atom is 0.395 e. The second-order valence-corrected chi connectivity index (χ2v) is 6.54. The first-order valence-electron chi connectivity index (χ1n) is 8.59. The van der Waals surface area contributed by atoms with Crippen LogP contribution < -0.4 is 0 Å². The zero-order valence-corrected chi connectivity index (χ0v) is 14.8. The van der Waals surface area contributed by atoms with Gasteiger partial charge >= 0.3 is 12.1 Å². The molecule has 0 aliphatic carbocycles. The lowest BCUT2D eigenvalue weighted by Gasteiger charge is -2.28. The average Bonchev–Trinajstić information content (AvgIpc) is 2.97. The first kappa shape index (κ1) is 19.1. The Kier molecular flexibility index (Phi) is 5.08. The van der Waals surface area contributed by atoms with Gasteiger partial charge in [0, 0.05) is 11.8 Å². The van der Waals surface area contributed by atoms with Gasteiger partial charge in [-0.05, 0) is 19.9 Å². The summed E-state index contributed by atoms with van der Waals surface area (Å²) in [6.45, 7) is 3.27. The Morgan fingerprint density at radius 2 is 1.89 bits per heavy atom. The third-order valence-corrected chi connectivity index (χ3v) is 4.82. The number of nitrogens with zero attached hydrogens (tertiary/aromatic N) is 2. The van der Waals surface area contributed by atoms with Crippen LogP contribution in [0, 0.1) is 18.8 Å². The molecule has 2 aliphatic rings. The van der Waals surface area contributed by atoms with Gasteiger partial charge in [0.25, 0.3) is 0 Å². The van der Waals surface area contributed by atoms with E-state index >= 15 is 0 Å². The molecule has 27 heavy (non-hydrogen) atoms. The number of fused-ring (bicyclic) bond motifs is 1. The normalized spacial score (nSPS) is 26.8. The van der Waals surface area contributed by atoms with Gasteiger partial charge in [0.05, 0.1) is 18.6 Å². The van der Waals surface area contributed by atoms with Crippen LogP contribution in [0.25, 0.3) is 0 Å². The molecular formula is C19H19F3N2O3. The molecule has 0 radical (unpaired) electrons. The SMILES string of the molecule is CCOC(=O)[C@H]1[C@H](C(F)(F)F)[C@@H]2C=CC=NN2[C@@H]1C(=O)c1ccc(C)cc1. The minimum atomic E-state index is -4.69. The van der Waals surface area contributed by atoms with Gasteiger partial charge < -0.3 is 4.74 Å². The lowest BCUT2D eigenvalue weighted by molar-refractivity contribution is -0.195. The summed E-state index contributed by atoms with van der Waals surface area (Å²) in [6, 6.07) is 3.85. The number of esters is 1. The van der Waals surface area contributed by atoms with Crippen molar-refractivity contribution < 1.29 is 27.5 Å². The highest BCUT2D eigenvalue weighted by Crippen LogP contribution is 2.47. The predicted octanol–water partition coefficient (Wildman–Crippen LogP) is 3.14. The standard InChI is InChI=1S/C19H19F3N2O3/c1-3-27-18(26)14-15(19(20,21)22)13-5-4-10-23-24(13)16(14)17(25)12-8-6-11(2)7-9-12/h4-10,13-16H,3H2,1-2H3/t13-,14-,15+,16-/m0/s1. The van der Waals surface area contributed by atoms with Gasteiger partial charge in [0.15, 0.2) is 5.78 Å². The van der Waals surface area contributed by atoms with E-state index < -0.39 is 41.8 Å². The van der Waals surface area contributed by atoms with Crippen LogP contribution in [0.15, 0.2) is 41.5 Å². The monoisotopic (exact) mass is 380 g/mol. The molecule has 1 saturated heterocycles. The van der Waals surface area contributed by atoms with Crippen molar-refractivity contribution in [2.45, 2.75) is 32.1 Å². The van der Waals surface area contributed by atoms with E-state index in [4.69, 9.17) is 4.74 Å². The van der Waals surface area contributed by atoms with Crippen LogP contribution in [0.3, 0.4) is 0 Å². The summed E-state index contributed by atoms with van der Waals surface area (Å²) >= 11 is 0. The summed E-state index contributed by atoms with van der Waals surface area (Å²) in [5.41, 5.74) is 1.14. The summed E-state index contributed by atoms with van der Waals surface area (Å²) in [7, 11) is 0. The summed E-state index contributed by atoms with van der Waals surface area (Å²) in [5, 5.41) is 5.07. The van der Waals surface area contributed by atoms with Crippen LogP contribution in [0.4, 0.5) is 13.2 Å². The number of aryl methyl sites for hydroxylation is 1. The van der Waals surface area contributed by atoms with Gasteiger partial charge in [-0.3, -0.25) is 14.6 Å². The summed E-state index contributed by atoms with van der Waals surface area (Å²) < 4.78 is 46.4. The minimum absolute atomic E-state index is 0.0743. The van der Waals surface area contributed by atoms with E-state index in [-0.39, 0.29) is 12.2 Å². The van der Waals surface area contributed by atoms with Crippen LogP contribution in [0.1, 0.15) is 22.8 Å². The molecule has 2 heterocycles. The number of hydrogen-bond acceptors (Lipinski definition) is 5. The molecule has 0 amide bonds. The lowest BCUT2D eigenvalue weighted by atomic mass is 9.83. The van der Waals surface area contributed by atoms with E-state index in [1.54, 1.807) is 24.3 Å². The predicted molar refractivity (Wildman–Crippen MR) is 92.2 cm³/mol. The highest BCUT2D eigenvalue weighted by atomic mass is 19.4. The molecule has 3 rings (SSSR count). The van der Waals surface area contributed by atoms with Crippen molar-refractivity contribution in [3.05, 3.63) is 47.5 Å². The van der Waals surface area contributed by atoms with E-state index in [0.717, 1.165) is 10.6 Å². The number of ketones is 1. The molecule has 2 aliphatic heterocycles. The summed E-state index contributed by atoms with van der Waals surface area (Å²) in [4.78, 5) is 25.6. The smallest absolute Gasteiger partial charge is 0.395 e. The molecule has 1 fully saturated rings. The molecule has 0 saturated carbocycles. The molecule has 1 aromatic carbocycles. The van der Waals surface area contributed by atoms with Gasteiger partial charge in [0.1, 0.15) is 12.0 Å². The number of alkyl halides is 3. The van der Waals surface area contributed by atoms with Crippen LogP contribution in [0.2, 0.25) is 0 Å². The largest absolute Gasteiger partial charge is 0.466 e. The highest BCUT2D eigenvalue weighted by molar-refractivity contribution is 6.03. The average molecular weight is 380 g/mol. The van der Waals surface area contributed by atoms with Crippen molar-refractivity contribution in [1.82, 2.24) is 5.01 Å². The number of hydrogen-bond donors (Lipinski definition) is 0. The van der Waals surface area contributed by atoms with E-state index in [9.17, 15) is 22.8 Å². The van der Waals surface area contributed by atoms with Crippen LogP contribution >= 0.6 is 0 Å². The minimum Gasteiger partial charge on any atom is -0.466 e. The Morgan fingerprint density at radius 3 is 2.48 bits per heavy atom. The molecule has 8 heteroatoms. The number of halogens is 3. The third-order valence-electron chi connectivity index (χ3n) is 4.82. The second kappa shape index (κ2) is 7.17. The fraction of sp³-hybridized carbons (Fsp3) is 0.421. The Morgan fingerprint density at radius 1 is 1.22 bits per heavy atom. The zero-order chi connectivity index (χ0) is 19.8. The van der Waals surface area contributed by atoms with Crippen LogP contribution in [0.5, 0.6) is 0 Å². The summed E-state index contributed by atoms with van der Waals surface area (Å²) in [6.07, 6.45) is -0.673. The van der Waals surface area contributed by atoms with Crippen LogP contribution in [-0.2, 0) is 9.53 Å². The number of allylic oxidation sites excluding steroid dienone is 1. The van der Waals surface area contributed by atoms with E-state index in [1.165, 1.54) is 25.3 Å². The number of hydrazone groups is 1. The van der Waals surface area contributed by atoms with E-state index in [1.807, 2.05) is 6.92 Å². The molecule has 0 spiro atoms. The van der Waals surface area contributed by atoms with E-state index in [0.29, 0.717) is 0 Å². The fourth-order valence-electron chi connectivity index (χ4n) is 3.64. The van der Waals surface area contributed by atoms with Crippen LogP contribution in [-0.4, -0.2) is 47.8 Å². The van der Waals surface area contributed by atoms with E-state index in [2.05, 4.69) is 5.10 Å². The first-order valence-corrected chi connectivity index (χ1v) is 8.59. The van der Waals surface area contributed by atoms with Gasteiger partial charge in [-0.2, -0.15) is 18.3 Å². The first-order chi connectivity index (χ1) is 12.8. The van der Waals surface area contributed by atoms with Gasteiger partial charge in [-0.15, -0.1) is 0 Å². The number of carbonyl (C=O) groups excluding carboxylic acids is 2. The van der Waals surface area contributed by atoms with Crippen molar-refractivity contribution in [2.75, 3.05) is 6.61 Å². The number of benzene rings is 1. The van der Waals surface area contributed by atoms with Crippen molar-refractivity contribution in [1.29, 1.82) is 0 Å². The molecule has 0 unspecified atom stereocenters. The quantitative estimate of drug-likeness (QED) is 0.595. The Labute approximate surface area is 154 Å². The Hall–Kier alpha value is -2.64. The topological polar surface area (TPSA) is 59.0 Å². The van der Waals surface area contributed by atoms with Gasteiger partial charge in [0.2, 0.25) is 0 Å². The molecule has 0 bridgehead atoms. The maximum atomic E-state index is 13.8. The van der Waals surface area contributed by atoms with Crippen molar-refractivity contribution in [3.8, 4) is 0 Å². The van der Waals surface area contributed by atoms with Gasteiger partial charge in [-0.25, -0.2) is 0 Å². The third kappa shape index (κ3) is 3.48.